The lowest BCUT2D eigenvalue weighted by atomic mass is 9.80. The van der Waals surface area contributed by atoms with Gasteiger partial charge in [-0.15, -0.1) is 0 Å². The number of hydrogen-bond donors (Lipinski definition) is 3. The van der Waals surface area contributed by atoms with E-state index < -0.39 is 11.9 Å². The van der Waals surface area contributed by atoms with E-state index in [1.807, 2.05) is 34.9 Å². The summed E-state index contributed by atoms with van der Waals surface area (Å²) in [5, 5.41) is 4.45. The molecule has 0 spiro atoms. The van der Waals surface area contributed by atoms with Crippen LogP contribution in [-0.2, 0) is 16.0 Å². The number of esters is 1. The third-order valence-corrected chi connectivity index (χ3v) is 7.41. The number of nitrogens with two attached hydrogens (primary N) is 2. The summed E-state index contributed by atoms with van der Waals surface area (Å²) in [4.78, 5) is 41.4. The van der Waals surface area contributed by atoms with E-state index in [-0.39, 0.29) is 35.7 Å². The third kappa shape index (κ3) is 4.83. The van der Waals surface area contributed by atoms with E-state index in [0.717, 1.165) is 47.0 Å². The number of benzene rings is 1. The second kappa shape index (κ2) is 9.63. The van der Waals surface area contributed by atoms with Crippen molar-refractivity contribution in [1.82, 2.24) is 9.55 Å². The molecule has 1 aliphatic carbocycles. The standard InChI is InChI=1S/C28H33N5O4/c1-28(2)12-22-25(19-5-3-4-6-21(19)33(22)23(34)13-28)16-11-20(26(27(30)36)31-15-16)32-17-7-9-18(10-8-17)37-24(35)14-29/h3-6,11,15,17-18,32H,7-10,12-14,29H2,1-2H3,(H2,30,36)/t17-,18-. The number of para-hydroxylation sites is 1. The minimum Gasteiger partial charge on any atom is -0.461 e. The molecule has 0 saturated heterocycles. The Labute approximate surface area is 215 Å². The van der Waals surface area contributed by atoms with Gasteiger partial charge in [0.25, 0.3) is 5.91 Å². The van der Waals surface area contributed by atoms with Gasteiger partial charge in [0, 0.05) is 40.9 Å². The number of hydrogen-bond acceptors (Lipinski definition) is 7. The predicted octanol–water partition coefficient (Wildman–Crippen LogP) is 3.64. The largest absolute Gasteiger partial charge is 0.461 e. The molecule has 9 heteroatoms. The van der Waals surface area contributed by atoms with Gasteiger partial charge in [0.2, 0.25) is 5.91 Å². The zero-order chi connectivity index (χ0) is 26.3. The van der Waals surface area contributed by atoms with Crippen LogP contribution in [0.3, 0.4) is 0 Å². The number of pyridine rings is 1. The maximum Gasteiger partial charge on any atom is 0.319 e. The molecule has 3 heterocycles. The Bertz CT molecular complexity index is 1380. The second-order valence-corrected chi connectivity index (χ2v) is 10.9. The quantitative estimate of drug-likeness (QED) is 0.436. The first kappa shape index (κ1) is 25.0. The maximum atomic E-state index is 13.2. The topological polar surface area (TPSA) is 142 Å². The fourth-order valence-electron chi connectivity index (χ4n) is 5.76. The minimum absolute atomic E-state index is 0.0724. The number of nitrogens with one attached hydrogen (secondary N) is 1. The lowest BCUT2D eigenvalue weighted by molar-refractivity contribution is -0.148. The molecular weight excluding hydrogens is 470 g/mol. The number of amides is 1. The van der Waals surface area contributed by atoms with Crippen molar-refractivity contribution in [1.29, 1.82) is 0 Å². The van der Waals surface area contributed by atoms with Crippen LogP contribution in [0.2, 0.25) is 0 Å². The van der Waals surface area contributed by atoms with Gasteiger partial charge in [0.15, 0.2) is 5.69 Å². The molecule has 0 unspecified atom stereocenters. The van der Waals surface area contributed by atoms with E-state index >= 15 is 0 Å². The Morgan fingerprint density at radius 2 is 1.89 bits per heavy atom. The molecule has 37 heavy (non-hydrogen) atoms. The summed E-state index contributed by atoms with van der Waals surface area (Å²) in [6.07, 6.45) is 5.68. The van der Waals surface area contributed by atoms with Crippen molar-refractivity contribution in [2.24, 2.45) is 16.9 Å². The predicted molar refractivity (Wildman–Crippen MR) is 141 cm³/mol. The van der Waals surface area contributed by atoms with Gasteiger partial charge in [-0.1, -0.05) is 32.0 Å². The lowest BCUT2D eigenvalue weighted by Gasteiger charge is -2.31. The maximum absolute atomic E-state index is 13.2. The molecule has 5 rings (SSSR count). The fourth-order valence-corrected chi connectivity index (χ4v) is 5.76. The molecule has 0 bridgehead atoms. The van der Waals surface area contributed by atoms with E-state index in [9.17, 15) is 14.4 Å². The molecule has 0 atom stereocenters. The van der Waals surface area contributed by atoms with Crippen molar-refractivity contribution in [3.8, 4) is 11.1 Å². The average Bonchev–Trinajstić information content (AvgIpc) is 3.18. The van der Waals surface area contributed by atoms with Crippen LogP contribution in [0.15, 0.2) is 36.5 Å². The van der Waals surface area contributed by atoms with Crippen LogP contribution in [0.25, 0.3) is 22.0 Å². The highest BCUT2D eigenvalue weighted by atomic mass is 16.5. The Balaban J connectivity index is 1.51. The summed E-state index contributed by atoms with van der Waals surface area (Å²) in [5.74, 6) is -0.922. The van der Waals surface area contributed by atoms with E-state index in [1.54, 1.807) is 6.20 Å². The van der Waals surface area contributed by atoms with Crippen LogP contribution in [0, 0.1) is 5.41 Å². The van der Waals surface area contributed by atoms with Gasteiger partial charge in [-0.25, -0.2) is 4.98 Å². The highest BCUT2D eigenvalue weighted by Crippen LogP contribution is 2.43. The minimum atomic E-state index is -0.611. The molecule has 1 aliphatic heterocycles. The summed E-state index contributed by atoms with van der Waals surface area (Å²) in [6, 6.07) is 9.89. The Morgan fingerprint density at radius 1 is 1.16 bits per heavy atom. The second-order valence-electron chi connectivity index (χ2n) is 10.9. The molecule has 2 aliphatic rings. The van der Waals surface area contributed by atoms with Crippen LogP contribution in [0.4, 0.5) is 5.69 Å². The zero-order valence-electron chi connectivity index (χ0n) is 21.3. The van der Waals surface area contributed by atoms with E-state index in [0.29, 0.717) is 24.9 Å². The highest BCUT2D eigenvalue weighted by molar-refractivity contribution is 6.05. The molecule has 194 valence electrons. The normalized spacial score (nSPS) is 20.9. The molecular formula is C28H33N5O4. The monoisotopic (exact) mass is 503 g/mol. The first-order chi connectivity index (χ1) is 17.7. The van der Waals surface area contributed by atoms with Crippen molar-refractivity contribution >= 4 is 34.4 Å². The van der Waals surface area contributed by atoms with Crippen molar-refractivity contribution in [2.45, 2.75) is 64.5 Å². The molecule has 5 N–H and O–H groups in total. The van der Waals surface area contributed by atoms with Crippen molar-refractivity contribution in [3.05, 3.63) is 47.9 Å². The summed E-state index contributed by atoms with van der Waals surface area (Å²) in [6.45, 7) is 4.09. The summed E-state index contributed by atoms with van der Waals surface area (Å²) in [5.41, 5.74) is 15.2. The van der Waals surface area contributed by atoms with Crippen LogP contribution < -0.4 is 16.8 Å². The first-order valence-electron chi connectivity index (χ1n) is 12.8. The van der Waals surface area contributed by atoms with Crippen molar-refractivity contribution in [3.63, 3.8) is 0 Å². The van der Waals surface area contributed by atoms with Crippen molar-refractivity contribution in [2.75, 3.05) is 11.9 Å². The molecule has 3 aromatic rings. The summed E-state index contributed by atoms with van der Waals surface area (Å²) < 4.78 is 7.22. The molecule has 9 nitrogen and oxygen atoms in total. The van der Waals surface area contributed by atoms with Crippen LogP contribution in [0.5, 0.6) is 0 Å². The van der Waals surface area contributed by atoms with Gasteiger partial charge in [-0.2, -0.15) is 0 Å². The molecule has 0 radical (unpaired) electrons. The SMILES string of the molecule is CC1(C)CC(=O)n2c(c(-c3cnc(C(N)=O)c(N[C@H]4CC[C@H](OC(=O)CN)CC4)c3)c3ccccc32)C1. The summed E-state index contributed by atoms with van der Waals surface area (Å²) in [7, 11) is 0. The van der Waals surface area contributed by atoms with Gasteiger partial charge in [-0.3, -0.25) is 19.0 Å². The molecule has 1 amide bonds. The van der Waals surface area contributed by atoms with E-state index in [1.165, 1.54) is 0 Å². The Kier molecular flexibility index (Phi) is 6.49. The van der Waals surface area contributed by atoms with E-state index in [4.69, 9.17) is 16.2 Å². The Morgan fingerprint density at radius 3 is 2.59 bits per heavy atom. The van der Waals surface area contributed by atoms with Gasteiger partial charge >= 0.3 is 5.97 Å². The molecule has 1 aromatic carbocycles. The smallest absolute Gasteiger partial charge is 0.319 e. The van der Waals surface area contributed by atoms with Crippen LogP contribution >= 0.6 is 0 Å². The molecule has 2 aromatic heterocycles. The number of carbonyl (C=O) groups is 3. The van der Waals surface area contributed by atoms with Crippen molar-refractivity contribution < 1.29 is 19.1 Å². The Hall–Kier alpha value is -3.72. The number of carbonyl (C=O) groups excluding carboxylic acids is 3. The highest BCUT2D eigenvalue weighted by Gasteiger charge is 2.35. The van der Waals surface area contributed by atoms with Gasteiger partial charge in [0.05, 0.1) is 17.7 Å². The number of anilines is 1. The number of ether oxygens (including phenoxy) is 1. The van der Waals surface area contributed by atoms with Gasteiger partial charge < -0.3 is 21.5 Å². The average molecular weight is 504 g/mol. The van der Waals surface area contributed by atoms with Gasteiger partial charge in [0.1, 0.15) is 6.10 Å². The molecule has 1 fully saturated rings. The van der Waals surface area contributed by atoms with Gasteiger partial charge in [-0.05, 0) is 49.7 Å². The summed E-state index contributed by atoms with van der Waals surface area (Å²) >= 11 is 0. The first-order valence-corrected chi connectivity index (χ1v) is 12.8. The lowest BCUT2D eigenvalue weighted by Crippen LogP contribution is -2.33. The zero-order valence-corrected chi connectivity index (χ0v) is 21.3. The number of rotatable bonds is 6. The van der Waals surface area contributed by atoms with Crippen LogP contribution in [-0.4, -0.2) is 46.0 Å². The number of fused-ring (bicyclic) bond motifs is 3. The number of primary amides is 1. The van der Waals surface area contributed by atoms with Crippen LogP contribution in [0.1, 0.15) is 66.9 Å². The molecule has 1 saturated carbocycles. The third-order valence-electron chi connectivity index (χ3n) is 7.41. The fraction of sp³-hybridized carbons (Fsp3) is 0.429. The number of aromatic nitrogens is 2. The van der Waals surface area contributed by atoms with E-state index in [2.05, 4.69) is 24.1 Å². The number of nitrogens with zero attached hydrogens (tertiary/aromatic N) is 2.